The minimum atomic E-state index is -1.01. The van der Waals surface area contributed by atoms with Gasteiger partial charge in [-0.25, -0.2) is 0 Å². The lowest BCUT2D eigenvalue weighted by Crippen LogP contribution is -2.61. The number of aliphatic hydroxyl groups is 1. The maximum absolute atomic E-state index is 11.1. The Balaban J connectivity index is 1.50. The standard InChI is InChI=1S/C29H34O6/c1-2-32-29-26(30)28(34-20-24-16-10-5-11-17-24)27(33-19-23-14-8-4-9-15-23)25(35-29)21-31-18-22-12-6-3-7-13-22/h3-17,25-30H,2,18-21H2,1H3/t25-,26-,27-,28-,29-/m1/s1. The van der Waals surface area contributed by atoms with Crippen LogP contribution in [0.2, 0.25) is 0 Å². The van der Waals surface area contributed by atoms with Crippen LogP contribution in [-0.2, 0) is 43.5 Å². The first kappa shape index (κ1) is 25.5. The molecule has 0 unspecified atom stereocenters. The van der Waals surface area contributed by atoms with Gasteiger partial charge >= 0.3 is 0 Å². The molecule has 0 spiro atoms. The summed E-state index contributed by atoms with van der Waals surface area (Å²) in [5, 5.41) is 11.1. The summed E-state index contributed by atoms with van der Waals surface area (Å²) in [6, 6.07) is 29.8. The fraction of sp³-hybridized carbons (Fsp3) is 0.379. The van der Waals surface area contributed by atoms with E-state index in [0.717, 1.165) is 16.7 Å². The van der Waals surface area contributed by atoms with Crippen molar-refractivity contribution in [3.8, 4) is 0 Å². The lowest BCUT2D eigenvalue weighted by Gasteiger charge is -2.44. The van der Waals surface area contributed by atoms with Crippen LogP contribution < -0.4 is 0 Å². The zero-order chi connectivity index (χ0) is 24.3. The zero-order valence-corrected chi connectivity index (χ0v) is 20.1. The third-order valence-electron chi connectivity index (χ3n) is 5.91. The van der Waals surface area contributed by atoms with Gasteiger partial charge < -0.3 is 28.8 Å². The second-order valence-corrected chi connectivity index (χ2v) is 8.51. The maximum atomic E-state index is 11.1. The average Bonchev–Trinajstić information content (AvgIpc) is 2.90. The topological polar surface area (TPSA) is 66.4 Å². The third-order valence-corrected chi connectivity index (χ3v) is 5.91. The van der Waals surface area contributed by atoms with Gasteiger partial charge in [-0.1, -0.05) is 91.0 Å². The summed E-state index contributed by atoms with van der Waals surface area (Å²) in [4.78, 5) is 0. The van der Waals surface area contributed by atoms with E-state index in [1.165, 1.54) is 0 Å². The molecular formula is C29H34O6. The number of aliphatic hydroxyl groups excluding tert-OH is 1. The summed E-state index contributed by atoms with van der Waals surface area (Å²) in [6.07, 6.45) is -3.54. The number of ether oxygens (including phenoxy) is 5. The molecule has 3 aromatic rings. The highest BCUT2D eigenvalue weighted by Crippen LogP contribution is 2.29. The van der Waals surface area contributed by atoms with Crippen LogP contribution in [0.5, 0.6) is 0 Å². The highest BCUT2D eigenvalue weighted by atomic mass is 16.7. The summed E-state index contributed by atoms with van der Waals surface area (Å²) in [6.45, 7) is 3.69. The summed E-state index contributed by atoms with van der Waals surface area (Å²) >= 11 is 0. The van der Waals surface area contributed by atoms with E-state index in [1.807, 2.05) is 97.9 Å². The number of hydrogen-bond acceptors (Lipinski definition) is 6. The molecule has 6 heteroatoms. The quantitative estimate of drug-likeness (QED) is 0.414. The molecule has 0 bridgehead atoms. The van der Waals surface area contributed by atoms with Crippen LogP contribution >= 0.6 is 0 Å². The van der Waals surface area contributed by atoms with E-state index in [1.54, 1.807) is 0 Å². The van der Waals surface area contributed by atoms with Gasteiger partial charge in [0.2, 0.25) is 0 Å². The Morgan fingerprint density at radius 1 is 0.657 bits per heavy atom. The van der Waals surface area contributed by atoms with Crippen molar-refractivity contribution in [2.45, 2.75) is 57.5 Å². The van der Waals surface area contributed by atoms with Crippen molar-refractivity contribution in [1.82, 2.24) is 0 Å². The smallest absolute Gasteiger partial charge is 0.186 e. The highest BCUT2D eigenvalue weighted by molar-refractivity contribution is 5.15. The second-order valence-electron chi connectivity index (χ2n) is 8.51. The van der Waals surface area contributed by atoms with E-state index in [2.05, 4.69) is 0 Å². The normalized spacial score (nSPS) is 24.3. The molecule has 35 heavy (non-hydrogen) atoms. The molecule has 0 radical (unpaired) electrons. The van der Waals surface area contributed by atoms with Gasteiger partial charge in [-0.2, -0.15) is 0 Å². The van der Waals surface area contributed by atoms with Crippen molar-refractivity contribution in [2.75, 3.05) is 13.2 Å². The van der Waals surface area contributed by atoms with Crippen molar-refractivity contribution in [2.24, 2.45) is 0 Å². The molecule has 0 saturated carbocycles. The molecular weight excluding hydrogens is 444 g/mol. The van der Waals surface area contributed by atoms with Crippen molar-refractivity contribution in [3.63, 3.8) is 0 Å². The lowest BCUT2D eigenvalue weighted by molar-refractivity contribution is -0.318. The Hall–Kier alpha value is -2.58. The molecule has 1 heterocycles. The van der Waals surface area contributed by atoms with Crippen molar-refractivity contribution >= 4 is 0 Å². The molecule has 186 valence electrons. The molecule has 5 atom stereocenters. The fourth-order valence-corrected chi connectivity index (χ4v) is 4.12. The van der Waals surface area contributed by atoms with Gasteiger partial charge in [0.15, 0.2) is 6.29 Å². The molecule has 1 N–H and O–H groups in total. The van der Waals surface area contributed by atoms with Crippen molar-refractivity contribution in [1.29, 1.82) is 0 Å². The van der Waals surface area contributed by atoms with Gasteiger partial charge in [0.1, 0.15) is 24.4 Å². The number of benzene rings is 3. The second kappa shape index (κ2) is 13.5. The largest absolute Gasteiger partial charge is 0.385 e. The number of rotatable bonds is 12. The number of hydrogen-bond donors (Lipinski definition) is 1. The molecule has 1 aliphatic rings. The van der Waals surface area contributed by atoms with E-state index in [0.29, 0.717) is 26.4 Å². The molecule has 4 rings (SSSR count). The van der Waals surface area contributed by atoms with Crippen molar-refractivity contribution < 1.29 is 28.8 Å². The van der Waals surface area contributed by atoms with E-state index in [9.17, 15) is 5.11 Å². The van der Waals surface area contributed by atoms with E-state index >= 15 is 0 Å². The minimum absolute atomic E-state index is 0.274. The monoisotopic (exact) mass is 478 g/mol. The Morgan fingerprint density at radius 3 is 1.66 bits per heavy atom. The van der Waals surface area contributed by atoms with Gasteiger partial charge in [-0.05, 0) is 23.6 Å². The molecule has 1 saturated heterocycles. The maximum Gasteiger partial charge on any atom is 0.186 e. The van der Waals surface area contributed by atoms with E-state index < -0.39 is 30.7 Å². The lowest BCUT2D eigenvalue weighted by atomic mass is 9.98. The molecule has 0 aliphatic carbocycles. The summed E-state index contributed by atoms with van der Waals surface area (Å²) in [7, 11) is 0. The Bertz CT molecular complexity index is 968. The predicted molar refractivity (Wildman–Crippen MR) is 132 cm³/mol. The van der Waals surface area contributed by atoms with Crippen LogP contribution in [0.3, 0.4) is 0 Å². The van der Waals surface area contributed by atoms with Crippen LogP contribution in [0, 0.1) is 0 Å². The predicted octanol–water partition coefficient (Wildman–Crippen LogP) is 4.50. The van der Waals surface area contributed by atoms with Crippen LogP contribution in [0.25, 0.3) is 0 Å². The Labute approximate surface area is 207 Å². The third kappa shape index (κ3) is 7.45. The van der Waals surface area contributed by atoms with E-state index in [4.69, 9.17) is 23.7 Å². The first-order valence-corrected chi connectivity index (χ1v) is 12.1. The SMILES string of the molecule is CCO[C@@H]1O[C@H](COCc2ccccc2)[C@@H](OCc2ccccc2)[C@H](OCc2ccccc2)[C@H]1O. The molecule has 0 aromatic heterocycles. The first-order chi connectivity index (χ1) is 17.2. The molecule has 1 fully saturated rings. The van der Waals surface area contributed by atoms with Crippen LogP contribution in [0.15, 0.2) is 91.0 Å². The first-order valence-electron chi connectivity index (χ1n) is 12.1. The molecule has 0 amide bonds. The molecule has 3 aromatic carbocycles. The van der Waals surface area contributed by atoms with Gasteiger partial charge in [0.05, 0.1) is 26.4 Å². The Morgan fingerprint density at radius 2 is 1.14 bits per heavy atom. The summed E-state index contributed by atoms with van der Waals surface area (Å²) < 4.78 is 30.5. The minimum Gasteiger partial charge on any atom is -0.385 e. The summed E-state index contributed by atoms with van der Waals surface area (Å²) in [5.74, 6) is 0. The zero-order valence-electron chi connectivity index (χ0n) is 20.1. The van der Waals surface area contributed by atoms with Crippen molar-refractivity contribution in [3.05, 3.63) is 108 Å². The van der Waals surface area contributed by atoms with Crippen LogP contribution in [0.4, 0.5) is 0 Å². The van der Waals surface area contributed by atoms with Gasteiger partial charge in [-0.15, -0.1) is 0 Å². The fourth-order valence-electron chi connectivity index (χ4n) is 4.12. The van der Waals surface area contributed by atoms with Gasteiger partial charge in [0.25, 0.3) is 0 Å². The average molecular weight is 479 g/mol. The molecule has 6 nitrogen and oxygen atoms in total. The van der Waals surface area contributed by atoms with Crippen LogP contribution in [-0.4, -0.2) is 49.0 Å². The van der Waals surface area contributed by atoms with Gasteiger partial charge in [-0.3, -0.25) is 0 Å². The Kier molecular flexibility index (Phi) is 9.84. The molecule has 1 aliphatic heterocycles. The van der Waals surface area contributed by atoms with E-state index in [-0.39, 0.29) is 6.61 Å². The van der Waals surface area contributed by atoms with Crippen LogP contribution in [0.1, 0.15) is 23.6 Å². The van der Waals surface area contributed by atoms with Gasteiger partial charge in [0, 0.05) is 6.61 Å². The summed E-state index contributed by atoms with van der Waals surface area (Å²) in [5.41, 5.74) is 3.11. The highest BCUT2D eigenvalue weighted by Gasteiger charge is 2.47.